The number of hydrogen-bond acceptors (Lipinski definition) is 4. The van der Waals surface area contributed by atoms with Gasteiger partial charge in [0.05, 0.1) is 12.5 Å². The van der Waals surface area contributed by atoms with Crippen LogP contribution in [0.5, 0.6) is 0 Å². The predicted octanol–water partition coefficient (Wildman–Crippen LogP) is 3.76. The van der Waals surface area contributed by atoms with Gasteiger partial charge in [0.25, 0.3) is 5.91 Å². The molecule has 0 aromatic heterocycles. The van der Waals surface area contributed by atoms with Crippen LogP contribution in [-0.4, -0.2) is 24.4 Å². The van der Waals surface area contributed by atoms with Crippen LogP contribution < -0.4 is 10.6 Å². The van der Waals surface area contributed by atoms with Crippen molar-refractivity contribution in [2.75, 3.05) is 11.9 Å². The summed E-state index contributed by atoms with van der Waals surface area (Å²) in [6, 6.07) is 20.6. The number of amides is 2. The number of ether oxygens (including phenoxy) is 1. The predicted molar refractivity (Wildman–Crippen MR) is 116 cm³/mol. The molecule has 154 valence electrons. The molecule has 3 aromatic carbocycles. The van der Waals surface area contributed by atoms with Gasteiger partial charge in [-0.15, -0.1) is 0 Å². The van der Waals surface area contributed by atoms with Crippen LogP contribution in [0.2, 0.25) is 0 Å². The molecule has 2 N–H and O–H groups in total. The Morgan fingerprint density at radius 1 is 0.933 bits per heavy atom. The standard InChI is InChI=1S/C24H24N2O4/c1-16(21-9-5-7-19-6-3-4-8-22(19)21)25-23(28)15-30-24(29)14-18-10-12-20(13-11-18)26-17(2)27/h3-13,16H,14-15H2,1-2H3,(H,25,28)(H,26,27)/t16-/m1/s1. The van der Waals surface area contributed by atoms with Crippen LogP contribution in [-0.2, 0) is 25.5 Å². The van der Waals surface area contributed by atoms with E-state index in [1.807, 2.05) is 49.4 Å². The third-order valence-electron chi connectivity index (χ3n) is 4.65. The van der Waals surface area contributed by atoms with Crippen LogP contribution in [0, 0.1) is 0 Å². The molecule has 0 unspecified atom stereocenters. The highest BCUT2D eigenvalue weighted by Crippen LogP contribution is 2.23. The van der Waals surface area contributed by atoms with E-state index in [0.717, 1.165) is 21.9 Å². The van der Waals surface area contributed by atoms with E-state index in [-0.39, 0.29) is 30.9 Å². The van der Waals surface area contributed by atoms with Crippen molar-refractivity contribution in [3.8, 4) is 0 Å². The lowest BCUT2D eigenvalue weighted by Gasteiger charge is -2.16. The van der Waals surface area contributed by atoms with E-state index >= 15 is 0 Å². The largest absolute Gasteiger partial charge is 0.455 e. The molecule has 0 heterocycles. The van der Waals surface area contributed by atoms with Crippen molar-refractivity contribution in [3.05, 3.63) is 77.9 Å². The van der Waals surface area contributed by atoms with Gasteiger partial charge in [-0.25, -0.2) is 0 Å². The number of esters is 1. The molecule has 0 fully saturated rings. The highest BCUT2D eigenvalue weighted by atomic mass is 16.5. The van der Waals surface area contributed by atoms with Gasteiger partial charge in [0.15, 0.2) is 6.61 Å². The normalized spacial score (nSPS) is 11.5. The Labute approximate surface area is 175 Å². The van der Waals surface area contributed by atoms with Gasteiger partial charge in [-0.1, -0.05) is 54.6 Å². The van der Waals surface area contributed by atoms with E-state index in [1.165, 1.54) is 6.92 Å². The molecule has 0 aliphatic rings. The second kappa shape index (κ2) is 9.69. The lowest BCUT2D eigenvalue weighted by Crippen LogP contribution is -2.31. The van der Waals surface area contributed by atoms with Crippen LogP contribution in [0.3, 0.4) is 0 Å². The minimum absolute atomic E-state index is 0.0481. The summed E-state index contributed by atoms with van der Waals surface area (Å²) in [5.74, 6) is -1.01. The summed E-state index contributed by atoms with van der Waals surface area (Å²) in [5.41, 5.74) is 2.40. The molecule has 3 aromatic rings. The van der Waals surface area contributed by atoms with Crippen LogP contribution in [0.4, 0.5) is 5.69 Å². The average Bonchev–Trinajstić information content (AvgIpc) is 2.73. The molecule has 1 atom stereocenters. The molecule has 30 heavy (non-hydrogen) atoms. The van der Waals surface area contributed by atoms with Crippen molar-refractivity contribution < 1.29 is 19.1 Å². The van der Waals surface area contributed by atoms with Crippen molar-refractivity contribution in [1.82, 2.24) is 5.32 Å². The minimum atomic E-state index is -0.491. The SMILES string of the molecule is CC(=O)Nc1ccc(CC(=O)OCC(=O)N[C@H](C)c2cccc3ccccc23)cc1. The molecular weight excluding hydrogens is 380 g/mol. The van der Waals surface area contributed by atoms with Crippen molar-refractivity contribution in [3.63, 3.8) is 0 Å². The second-order valence-electron chi connectivity index (χ2n) is 7.07. The van der Waals surface area contributed by atoms with Gasteiger partial charge in [-0.3, -0.25) is 14.4 Å². The molecule has 3 rings (SSSR count). The lowest BCUT2D eigenvalue weighted by molar-refractivity contribution is -0.148. The molecule has 0 saturated carbocycles. The number of carbonyl (C=O) groups is 3. The van der Waals surface area contributed by atoms with E-state index in [9.17, 15) is 14.4 Å². The maximum Gasteiger partial charge on any atom is 0.310 e. The Hall–Kier alpha value is -3.67. The Bertz CT molecular complexity index is 1050. The first-order valence-corrected chi connectivity index (χ1v) is 9.71. The van der Waals surface area contributed by atoms with Gasteiger partial charge in [0, 0.05) is 12.6 Å². The summed E-state index contributed by atoms with van der Waals surface area (Å²) < 4.78 is 5.11. The van der Waals surface area contributed by atoms with E-state index in [2.05, 4.69) is 10.6 Å². The Kier molecular flexibility index (Phi) is 6.80. The zero-order valence-electron chi connectivity index (χ0n) is 17.0. The minimum Gasteiger partial charge on any atom is -0.455 e. The van der Waals surface area contributed by atoms with Crippen LogP contribution in [0.1, 0.15) is 31.0 Å². The van der Waals surface area contributed by atoms with Crippen molar-refractivity contribution >= 4 is 34.2 Å². The summed E-state index contributed by atoms with van der Waals surface area (Å²) in [6.07, 6.45) is 0.0481. The van der Waals surface area contributed by atoms with Gasteiger partial charge in [0.2, 0.25) is 5.91 Å². The Balaban J connectivity index is 1.50. The fraction of sp³-hybridized carbons (Fsp3) is 0.208. The smallest absolute Gasteiger partial charge is 0.310 e. The number of anilines is 1. The second-order valence-corrected chi connectivity index (χ2v) is 7.07. The van der Waals surface area contributed by atoms with E-state index in [0.29, 0.717) is 5.69 Å². The number of nitrogens with one attached hydrogen (secondary N) is 2. The summed E-state index contributed by atoms with van der Waals surface area (Å²) in [7, 11) is 0. The van der Waals surface area contributed by atoms with Gasteiger partial charge in [-0.2, -0.15) is 0 Å². The highest BCUT2D eigenvalue weighted by molar-refractivity contribution is 5.89. The van der Waals surface area contributed by atoms with Crippen LogP contribution in [0.25, 0.3) is 10.8 Å². The first kappa shape index (κ1) is 21.0. The summed E-state index contributed by atoms with van der Waals surface area (Å²) >= 11 is 0. The first-order valence-electron chi connectivity index (χ1n) is 9.71. The first-order chi connectivity index (χ1) is 14.4. The molecule has 6 nitrogen and oxygen atoms in total. The number of hydrogen-bond donors (Lipinski definition) is 2. The zero-order chi connectivity index (χ0) is 21.5. The average molecular weight is 404 g/mol. The van der Waals surface area contributed by atoms with E-state index < -0.39 is 5.97 Å². The fourth-order valence-electron chi connectivity index (χ4n) is 3.26. The topological polar surface area (TPSA) is 84.5 Å². The van der Waals surface area contributed by atoms with Crippen molar-refractivity contribution in [2.24, 2.45) is 0 Å². The van der Waals surface area contributed by atoms with Gasteiger partial charge < -0.3 is 15.4 Å². The molecule has 0 spiro atoms. The maximum absolute atomic E-state index is 12.2. The van der Waals surface area contributed by atoms with Crippen LogP contribution in [0.15, 0.2) is 66.7 Å². The molecule has 0 saturated heterocycles. The van der Waals surface area contributed by atoms with Gasteiger partial charge >= 0.3 is 5.97 Å². The molecule has 0 bridgehead atoms. The van der Waals surface area contributed by atoms with Gasteiger partial charge in [0.1, 0.15) is 0 Å². The van der Waals surface area contributed by atoms with Crippen LogP contribution >= 0.6 is 0 Å². The number of benzene rings is 3. The molecule has 0 radical (unpaired) electrons. The lowest BCUT2D eigenvalue weighted by atomic mass is 10.00. The fourth-order valence-corrected chi connectivity index (χ4v) is 3.26. The van der Waals surface area contributed by atoms with E-state index in [4.69, 9.17) is 4.74 Å². The molecular formula is C24H24N2O4. The Morgan fingerprint density at radius 3 is 2.37 bits per heavy atom. The van der Waals surface area contributed by atoms with E-state index in [1.54, 1.807) is 24.3 Å². The van der Waals surface area contributed by atoms with Crippen molar-refractivity contribution in [2.45, 2.75) is 26.3 Å². The number of carbonyl (C=O) groups excluding carboxylic acids is 3. The quantitative estimate of drug-likeness (QED) is 0.587. The Morgan fingerprint density at radius 2 is 1.63 bits per heavy atom. The third-order valence-corrected chi connectivity index (χ3v) is 4.65. The summed E-state index contributed by atoms with van der Waals surface area (Å²) in [5, 5.41) is 7.72. The van der Waals surface area contributed by atoms with Crippen molar-refractivity contribution in [1.29, 1.82) is 0 Å². The molecule has 0 aliphatic carbocycles. The molecule has 6 heteroatoms. The highest BCUT2D eigenvalue weighted by Gasteiger charge is 2.14. The summed E-state index contributed by atoms with van der Waals surface area (Å²) in [4.78, 5) is 35.3. The zero-order valence-corrected chi connectivity index (χ0v) is 17.0. The monoisotopic (exact) mass is 404 g/mol. The maximum atomic E-state index is 12.2. The number of fused-ring (bicyclic) bond motifs is 1. The third kappa shape index (κ3) is 5.67. The molecule has 0 aliphatic heterocycles. The molecule has 2 amide bonds. The van der Waals surface area contributed by atoms with Gasteiger partial charge in [-0.05, 0) is 41.0 Å². The number of rotatable bonds is 7. The summed E-state index contributed by atoms with van der Waals surface area (Å²) in [6.45, 7) is 2.99.